The first-order valence-electron chi connectivity index (χ1n) is 6.39. The van der Waals surface area contributed by atoms with Crippen LogP contribution in [-0.4, -0.2) is 66.6 Å². The van der Waals surface area contributed by atoms with Crippen molar-refractivity contribution in [3.05, 3.63) is 0 Å². The number of nitrogens with one attached hydrogen (secondary N) is 1. The summed E-state index contributed by atoms with van der Waals surface area (Å²) in [5, 5.41) is 20.6. The van der Waals surface area contributed by atoms with Crippen molar-refractivity contribution in [2.75, 3.05) is 27.2 Å². The lowest BCUT2D eigenvalue weighted by Crippen LogP contribution is -2.54. The van der Waals surface area contributed by atoms with Crippen molar-refractivity contribution in [1.29, 1.82) is 0 Å². The molecule has 2 unspecified atom stereocenters. The molecule has 7 heteroatoms. The van der Waals surface area contributed by atoms with Gasteiger partial charge in [-0.1, -0.05) is 0 Å². The Bertz CT molecular complexity index is 321. The Kier molecular flexibility index (Phi) is 6.20. The van der Waals surface area contributed by atoms with Crippen LogP contribution in [0.1, 0.15) is 19.3 Å². The fraction of sp³-hybridized carbons (Fsp3) is 0.833. The van der Waals surface area contributed by atoms with Gasteiger partial charge < -0.3 is 25.2 Å². The average Bonchev–Trinajstić information content (AvgIpc) is 2.42. The van der Waals surface area contributed by atoms with Crippen LogP contribution in [0.2, 0.25) is 0 Å². The third kappa shape index (κ3) is 4.45. The predicted molar refractivity (Wildman–Crippen MR) is 67.0 cm³/mol. The molecule has 3 N–H and O–H groups in total. The van der Waals surface area contributed by atoms with Gasteiger partial charge in [0.15, 0.2) is 6.29 Å². The molecule has 0 spiro atoms. The van der Waals surface area contributed by atoms with Gasteiger partial charge in [-0.3, -0.25) is 9.59 Å². The summed E-state index contributed by atoms with van der Waals surface area (Å²) >= 11 is 0. The Labute approximate surface area is 112 Å². The fourth-order valence-corrected chi connectivity index (χ4v) is 2.21. The number of rotatable bonds is 5. The van der Waals surface area contributed by atoms with Crippen molar-refractivity contribution >= 4 is 11.9 Å². The molecule has 2 atom stereocenters. The zero-order chi connectivity index (χ0) is 14.4. The van der Waals surface area contributed by atoms with E-state index in [1.807, 2.05) is 0 Å². The molecule has 1 aliphatic rings. The summed E-state index contributed by atoms with van der Waals surface area (Å²) in [7, 11) is 2.89. The van der Waals surface area contributed by atoms with E-state index in [9.17, 15) is 9.59 Å². The summed E-state index contributed by atoms with van der Waals surface area (Å²) in [5.41, 5.74) is 0. The molecule has 0 aliphatic carbocycles. The molecule has 0 radical (unpaired) electrons. The number of aliphatic hydroxyl groups is 2. The highest BCUT2D eigenvalue weighted by atomic mass is 16.5. The quantitative estimate of drug-likeness (QED) is 0.425. The largest absolute Gasteiger partial charge is 0.469 e. The number of carbonyl (C=O) groups excluding carboxylic acids is 2. The van der Waals surface area contributed by atoms with E-state index in [2.05, 4.69) is 5.32 Å². The molecule has 0 bridgehead atoms. The molecular formula is C12H22N2O5. The zero-order valence-corrected chi connectivity index (χ0v) is 11.3. The Morgan fingerprint density at radius 3 is 2.74 bits per heavy atom. The maximum atomic E-state index is 12.2. The number of hydrogen-bond acceptors (Lipinski definition) is 6. The highest BCUT2D eigenvalue weighted by Gasteiger charge is 2.37. The first kappa shape index (κ1) is 15.9. The molecule has 1 heterocycles. The number of aliphatic hydroxyl groups excluding tert-OH is 1. The highest BCUT2D eigenvalue weighted by Crippen LogP contribution is 2.19. The Hall–Kier alpha value is -1.18. The van der Waals surface area contributed by atoms with Crippen molar-refractivity contribution in [1.82, 2.24) is 10.2 Å². The van der Waals surface area contributed by atoms with Crippen LogP contribution in [0.3, 0.4) is 0 Å². The maximum absolute atomic E-state index is 12.2. The van der Waals surface area contributed by atoms with Crippen LogP contribution in [0, 0.1) is 5.92 Å². The van der Waals surface area contributed by atoms with Crippen LogP contribution in [0.4, 0.5) is 0 Å². The molecule has 110 valence electrons. The van der Waals surface area contributed by atoms with Gasteiger partial charge in [-0.15, -0.1) is 0 Å². The average molecular weight is 274 g/mol. The van der Waals surface area contributed by atoms with Crippen LogP contribution in [0.25, 0.3) is 0 Å². The lowest BCUT2D eigenvalue weighted by molar-refractivity contribution is -0.152. The zero-order valence-electron chi connectivity index (χ0n) is 11.3. The summed E-state index contributed by atoms with van der Waals surface area (Å²) < 4.78 is 4.72. The van der Waals surface area contributed by atoms with Crippen LogP contribution < -0.4 is 5.32 Å². The third-order valence-corrected chi connectivity index (χ3v) is 3.33. The summed E-state index contributed by atoms with van der Waals surface area (Å²) in [6, 6.07) is -0.595. The van der Waals surface area contributed by atoms with E-state index in [1.165, 1.54) is 12.0 Å². The van der Waals surface area contributed by atoms with Gasteiger partial charge in [0.05, 0.1) is 13.0 Å². The van der Waals surface area contributed by atoms with Gasteiger partial charge in [-0.05, 0) is 19.4 Å². The Morgan fingerprint density at radius 2 is 2.16 bits per heavy atom. The van der Waals surface area contributed by atoms with Crippen molar-refractivity contribution in [2.45, 2.75) is 31.6 Å². The SMILES string of the molecule is COC(=O)C1CCCNC1C(=O)N(C)CCC(O)O. The molecule has 0 aromatic carbocycles. The van der Waals surface area contributed by atoms with Gasteiger partial charge in [0.2, 0.25) is 5.91 Å². The summed E-state index contributed by atoms with van der Waals surface area (Å²) in [5.74, 6) is -1.09. The molecule has 1 aliphatic heterocycles. The number of hydrogen-bond donors (Lipinski definition) is 3. The van der Waals surface area contributed by atoms with E-state index in [-0.39, 0.29) is 24.8 Å². The number of ether oxygens (including phenoxy) is 1. The van der Waals surface area contributed by atoms with Crippen LogP contribution in [0.15, 0.2) is 0 Å². The molecular weight excluding hydrogens is 252 g/mol. The van der Waals surface area contributed by atoms with Crippen molar-refractivity contribution in [3.8, 4) is 0 Å². The van der Waals surface area contributed by atoms with E-state index in [0.29, 0.717) is 13.0 Å². The van der Waals surface area contributed by atoms with Crippen molar-refractivity contribution < 1.29 is 24.5 Å². The topological polar surface area (TPSA) is 99.1 Å². The second-order valence-electron chi connectivity index (χ2n) is 4.73. The molecule has 1 rings (SSSR count). The minimum absolute atomic E-state index is 0.0812. The highest BCUT2D eigenvalue weighted by molar-refractivity contribution is 5.88. The number of carbonyl (C=O) groups is 2. The lowest BCUT2D eigenvalue weighted by atomic mass is 9.90. The lowest BCUT2D eigenvalue weighted by Gasteiger charge is -2.32. The van der Waals surface area contributed by atoms with E-state index in [4.69, 9.17) is 14.9 Å². The molecule has 7 nitrogen and oxygen atoms in total. The number of piperidine rings is 1. The standard InChI is InChI=1S/C12H22N2O5/c1-14(7-5-9(15)16)11(17)10-8(12(18)19-2)4-3-6-13-10/h8-10,13,15-16H,3-7H2,1-2H3. The van der Waals surface area contributed by atoms with Crippen LogP contribution in [0.5, 0.6) is 0 Å². The molecule has 0 aromatic heterocycles. The smallest absolute Gasteiger partial charge is 0.310 e. The van der Waals surface area contributed by atoms with Gasteiger partial charge in [0, 0.05) is 20.0 Å². The van der Waals surface area contributed by atoms with Crippen molar-refractivity contribution in [2.24, 2.45) is 5.92 Å². The molecule has 19 heavy (non-hydrogen) atoms. The first-order valence-corrected chi connectivity index (χ1v) is 6.39. The molecule has 1 amide bonds. The fourth-order valence-electron chi connectivity index (χ4n) is 2.21. The number of methoxy groups -OCH3 is 1. The van der Waals surface area contributed by atoms with Gasteiger partial charge in [0.1, 0.15) is 6.04 Å². The van der Waals surface area contributed by atoms with E-state index in [1.54, 1.807) is 7.05 Å². The summed E-state index contributed by atoms with van der Waals surface area (Å²) in [6.07, 6.45) is 0.0819. The monoisotopic (exact) mass is 274 g/mol. The number of likely N-dealkylation sites (N-methyl/N-ethyl adjacent to an activating group) is 1. The van der Waals surface area contributed by atoms with Gasteiger partial charge in [0.25, 0.3) is 0 Å². The van der Waals surface area contributed by atoms with Gasteiger partial charge in [-0.25, -0.2) is 0 Å². The first-order chi connectivity index (χ1) is 8.97. The summed E-state index contributed by atoms with van der Waals surface area (Å²) in [6.45, 7) is 0.906. The Morgan fingerprint density at radius 1 is 1.47 bits per heavy atom. The number of nitrogens with zero attached hydrogens (tertiary/aromatic N) is 1. The predicted octanol–water partition coefficient (Wildman–Crippen LogP) is -1.31. The van der Waals surface area contributed by atoms with Gasteiger partial charge >= 0.3 is 5.97 Å². The van der Waals surface area contributed by atoms with Crippen molar-refractivity contribution in [3.63, 3.8) is 0 Å². The van der Waals surface area contributed by atoms with Crippen LogP contribution in [-0.2, 0) is 14.3 Å². The molecule has 0 aromatic rings. The molecule has 1 fully saturated rings. The normalized spacial score (nSPS) is 23.2. The minimum atomic E-state index is -1.44. The number of esters is 1. The third-order valence-electron chi connectivity index (χ3n) is 3.33. The van der Waals surface area contributed by atoms with E-state index < -0.39 is 18.2 Å². The van der Waals surface area contributed by atoms with E-state index >= 15 is 0 Å². The minimum Gasteiger partial charge on any atom is -0.469 e. The van der Waals surface area contributed by atoms with Crippen LogP contribution >= 0.6 is 0 Å². The molecule has 0 saturated carbocycles. The second-order valence-corrected chi connectivity index (χ2v) is 4.73. The molecule has 1 saturated heterocycles. The summed E-state index contributed by atoms with van der Waals surface area (Å²) in [4.78, 5) is 25.3. The van der Waals surface area contributed by atoms with E-state index in [0.717, 1.165) is 6.42 Å². The number of amides is 1. The van der Waals surface area contributed by atoms with Gasteiger partial charge in [-0.2, -0.15) is 0 Å². The second kappa shape index (κ2) is 7.42. The Balaban J connectivity index is 2.63. The maximum Gasteiger partial charge on any atom is 0.310 e.